The summed E-state index contributed by atoms with van der Waals surface area (Å²) in [6.07, 6.45) is 8.94. The molecule has 1 unspecified atom stereocenters. The van der Waals surface area contributed by atoms with Gasteiger partial charge in [-0.25, -0.2) is 9.78 Å². The summed E-state index contributed by atoms with van der Waals surface area (Å²) in [5, 5.41) is 11.3. The van der Waals surface area contributed by atoms with E-state index < -0.39 is 5.60 Å². The minimum Gasteiger partial charge on any atom is -0.439 e. The molecule has 33 heavy (non-hydrogen) atoms. The van der Waals surface area contributed by atoms with Crippen LogP contribution in [-0.2, 0) is 4.74 Å². The molecule has 2 aromatic heterocycles. The molecule has 1 atom stereocenters. The fraction of sp³-hybridized carbons (Fsp3) is 0.545. The van der Waals surface area contributed by atoms with E-state index in [-0.39, 0.29) is 6.09 Å². The quantitative estimate of drug-likeness (QED) is 0.507. The van der Waals surface area contributed by atoms with Crippen LogP contribution >= 0.6 is 15.9 Å². The van der Waals surface area contributed by atoms with Crippen molar-refractivity contribution in [3.8, 4) is 0 Å². The molecule has 0 aliphatic carbocycles. The van der Waals surface area contributed by atoms with Crippen LogP contribution in [0.25, 0.3) is 0 Å². The Labute approximate surface area is 202 Å². The average molecular weight is 519 g/mol. The monoisotopic (exact) mass is 518 g/mol. The predicted molar refractivity (Wildman–Crippen MR) is 131 cm³/mol. The molecule has 2 aliphatic heterocycles. The molecule has 4 heterocycles. The van der Waals surface area contributed by atoms with Crippen LogP contribution in [0.4, 0.5) is 22.2 Å². The Balaban J connectivity index is 1.33. The number of carbonyl (C=O) groups excluding carboxylic acids is 1. The number of ether oxygens (including phenoxy) is 1. The molecular weight excluding hydrogens is 488 g/mol. The highest BCUT2D eigenvalue weighted by Crippen LogP contribution is 2.26. The number of cyclic esters (lactones) is 1. The number of hydrogen-bond acceptors (Lipinski definition) is 8. The minimum atomic E-state index is -0.552. The lowest BCUT2D eigenvalue weighted by molar-refractivity contribution is 0.0390. The third-order valence-corrected chi connectivity index (χ3v) is 6.34. The first-order valence-corrected chi connectivity index (χ1v) is 12.0. The van der Waals surface area contributed by atoms with Gasteiger partial charge in [-0.2, -0.15) is 10.1 Å². The zero-order chi connectivity index (χ0) is 23.6. The summed E-state index contributed by atoms with van der Waals surface area (Å²) in [4.78, 5) is 24.9. The molecule has 0 aromatic carbocycles. The number of aryl methyl sites for hydroxylation is 1. The van der Waals surface area contributed by atoms with Crippen molar-refractivity contribution in [1.29, 1.82) is 0 Å². The van der Waals surface area contributed by atoms with Gasteiger partial charge in [0.05, 0.1) is 21.9 Å². The molecule has 0 spiro atoms. The largest absolute Gasteiger partial charge is 0.439 e. The Morgan fingerprint density at radius 1 is 1.36 bits per heavy atom. The second-order valence-electron chi connectivity index (χ2n) is 9.09. The first-order valence-electron chi connectivity index (χ1n) is 11.2. The number of carbonyl (C=O) groups is 1. The molecule has 2 aliphatic rings. The van der Waals surface area contributed by atoms with Crippen molar-refractivity contribution >= 4 is 39.5 Å². The van der Waals surface area contributed by atoms with Gasteiger partial charge >= 0.3 is 6.09 Å². The fourth-order valence-electron chi connectivity index (χ4n) is 3.86. The van der Waals surface area contributed by atoms with E-state index in [1.165, 1.54) is 0 Å². The van der Waals surface area contributed by atoms with E-state index >= 15 is 0 Å². The van der Waals surface area contributed by atoms with E-state index in [0.29, 0.717) is 30.9 Å². The van der Waals surface area contributed by atoms with Crippen molar-refractivity contribution < 1.29 is 9.53 Å². The number of hydrogen-bond donors (Lipinski definition) is 2. The molecule has 0 saturated carbocycles. The van der Waals surface area contributed by atoms with Gasteiger partial charge in [-0.15, -0.1) is 0 Å². The van der Waals surface area contributed by atoms with Gasteiger partial charge in [-0.1, -0.05) is 0 Å². The lowest BCUT2D eigenvalue weighted by atomic mass is 10.1. The zero-order valence-electron chi connectivity index (χ0n) is 19.5. The van der Waals surface area contributed by atoms with Gasteiger partial charge in [0.25, 0.3) is 0 Å². The van der Waals surface area contributed by atoms with E-state index in [1.54, 1.807) is 17.3 Å². The number of rotatable bonds is 8. The molecule has 4 rings (SSSR count). The lowest BCUT2D eigenvalue weighted by Gasteiger charge is -2.31. The number of amides is 1. The van der Waals surface area contributed by atoms with Gasteiger partial charge in [-0.05, 0) is 69.2 Å². The van der Waals surface area contributed by atoms with Gasteiger partial charge in [0.1, 0.15) is 11.4 Å². The molecule has 1 fully saturated rings. The maximum atomic E-state index is 12.1. The molecular formula is C22H31BrN8O2. The topological polar surface area (TPSA) is 100 Å². The number of anilines is 3. The fourth-order valence-corrected chi connectivity index (χ4v) is 4.19. The summed E-state index contributed by atoms with van der Waals surface area (Å²) in [6.45, 7) is 8.99. The molecule has 0 bridgehead atoms. The molecule has 11 heteroatoms. The van der Waals surface area contributed by atoms with Crippen molar-refractivity contribution in [2.24, 2.45) is 0 Å². The number of likely N-dealkylation sites (N-methyl/N-ethyl adjacent to an activating group) is 1. The van der Waals surface area contributed by atoms with Crippen LogP contribution in [0.15, 0.2) is 29.1 Å². The number of nitrogens with one attached hydrogen (secondary N) is 2. The van der Waals surface area contributed by atoms with Crippen molar-refractivity contribution in [1.82, 2.24) is 29.5 Å². The second kappa shape index (κ2) is 9.68. The molecule has 2 N–H and O–H groups in total. The summed E-state index contributed by atoms with van der Waals surface area (Å²) < 4.78 is 8.19. The molecule has 2 aromatic rings. The SMILES string of the molecule is Cc1nn(C2CCN(C)C2)cc1Nc1ncc(Br)c(NCCCN2C=CC(C)(C)OC2=O)n1. The van der Waals surface area contributed by atoms with Crippen LogP contribution in [0.3, 0.4) is 0 Å². The third kappa shape index (κ3) is 5.83. The number of halogens is 1. The Hall–Kier alpha value is -2.66. The summed E-state index contributed by atoms with van der Waals surface area (Å²) in [7, 11) is 2.13. The summed E-state index contributed by atoms with van der Waals surface area (Å²) in [6, 6.07) is 0.394. The van der Waals surface area contributed by atoms with Gasteiger partial charge in [0.2, 0.25) is 5.95 Å². The highest BCUT2D eigenvalue weighted by Gasteiger charge is 2.27. The average Bonchev–Trinajstić information content (AvgIpc) is 3.34. The van der Waals surface area contributed by atoms with Crippen molar-refractivity contribution in [2.75, 3.05) is 43.9 Å². The Kier molecular flexibility index (Phi) is 6.89. The smallest absolute Gasteiger partial charge is 0.414 e. The Morgan fingerprint density at radius 2 is 2.18 bits per heavy atom. The van der Waals surface area contributed by atoms with E-state index in [4.69, 9.17) is 4.74 Å². The van der Waals surface area contributed by atoms with E-state index in [1.807, 2.05) is 37.7 Å². The Bertz CT molecular complexity index is 1040. The van der Waals surface area contributed by atoms with Crippen molar-refractivity contribution in [3.05, 3.63) is 34.8 Å². The van der Waals surface area contributed by atoms with Gasteiger partial charge in [-0.3, -0.25) is 9.58 Å². The minimum absolute atomic E-state index is 0.322. The number of nitrogens with zero attached hydrogens (tertiary/aromatic N) is 6. The van der Waals surface area contributed by atoms with E-state index in [0.717, 1.165) is 41.8 Å². The van der Waals surface area contributed by atoms with E-state index in [2.05, 4.69) is 53.6 Å². The molecule has 1 amide bonds. The first kappa shape index (κ1) is 23.5. The zero-order valence-corrected chi connectivity index (χ0v) is 21.1. The maximum Gasteiger partial charge on any atom is 0.414 e. The van der Waals surface area contributed by atoms with Crippen LogP contribution in [0.1, 0.15) is 38.4 Å². The standard InChI is InChI=1S/C22H31BrN8O2/c1-15-18(14-31(28-15)16-6-10-29(4)13-16)26-20-25-12-17(23)19(27-20)24-8-5-9-30-11-7-22(2,3)33-21(30)32/h7,11-12,14,16H,5-6,8-10,13H2,1-4H3,(H2,24,25,26,27). The first-order chi connectivity index (χ1) is 15.7. The lowest BCUT2D eigenvalue weighted by Crippen LogP contribution is -2.39. The summed E-state index contributed by atoms with van der Waals surface area (Å²) >= 11 is 3.50. The van der Waals surface area contributed by atoms with Gasteiger partial charge in [0, 0.05) is 38.2 Å². The Morgan fingerprint density at radius 3 is 2.91 bits per heavy atom. The van der Waals surface area contributed by atoms with Gasteiger partial charge in [0.15, 0.2) is 0 Å². The highest BCUT2D eigenvalue weighted by molar-refractivity contribution is 9.10. The second-order valence-corrected chi connectivity index (χ2v) is 9.94. The van der Waals surface area contributed by atoms with Crippen molar-refractivity contribution in [3.63, 3.8) is 0 Å². The van der Waals surface area contributed by atoms with Crippen LogP contribution in [0.2, 0.25) is 0 Å². The van der Waals surface area contributed by atoms with Gasteiger partial charge < -0.3 is 20.3 Å². The van der Waals surface area contributed by atoms with Crippen LogP contribution in [0, 0.1) is 6.92 Å². The molecule has 178 valence electrons. The third-order valence-electron chi connectivity index (χ3n) is 5.76. The molecule has 0 radical (unpaired) electrons. The molecule has 10 nitrogen and oxygen atoms in total. The van der Waals surface area contributed by atoms with E-state index in [9.17, 15) is 4.79 Å². The predicted octanol–water partition coefficient (Wildman–Crippen LogP) is 3.91. The number of likely N-dealkylation sites (tertiary alicyclic amines) is 1. The maximum absolute atomic E-state index is 12.1. The van der Waals surface area contributed by atoms with Crippen molar-refractivity contribution in [2.45, 2.75) is 45.3 Å². The van der Waals surface area contributed by atoms with Crippen LogP contribution < -0.4 is 10.6 Å². The number of aromatic nitrogens is 4. The van der Waals surface area contributed by atoms with Crippen LogP contribution in [-0.4, -0.2) is 74.5 Å². The molecule has 1 saturated heterocycles. The summed E-state index contributed by atoms with van der Waals surface area (Å²) in [5.41, 5.74) is 1.26. The van der Waals surface area contributed by atoms with Crippen LogP contribution in [0.5, 0.6) is 0 Å². The highest BCUT2D eigenvalue weighted by atomic mass is 79.9. The normalized spacial score (nSPS) is 20.2. The summed E-state index contributed by atoms with van der Waals surface area (Å²) in [5.74, 6) is 1.18.